The number of aromatic nitrogens is 2. The van der Waals surface area contributed by atoms with Crippen LogP contribution in [-0.2, 0) is 16.1 Å². The van der Waals surface area contributed by atoms with Crippen LogP contribution in [0, 0.1) is 5.92 Å². The maximum atomic E-state index is 12.1. The van der Waals surface area contributed by atoms with Crippen molar-refractivity contribution < 1.29 is 14.7 Å². The van der Waals surface area contributed by atoms with Crippen LogP contribution in [0.1, 0.15) is 19.8 Å². The Bertz CT molecular complexity index is 426. The van der Waals surface area contributed by atoms with E-state index >= 15 is 0 Å². The average Bonchev–Trinajstić information content (AvgIpc) is 3.03. The molecule has 0 saturated heterocycles. The molecule has 0 bridgehead atoms. The standard InChI is InChI=1S/C12H17N3O3/c1-9(12(17)18)7-15(10-3-4-10)11(16)8-14-6-2-5-13-14/h2,5-6,9-10H,3-4,7-8H2,1H3,(H,17,18). The number of carboxylic acids is 1. The first kappa shape index (κ1) is 12.6. The van der Waals surface area contributed by atoms with Crippen LogP contribution in [0.25, 0.3) is 0 Å². The van der Waals surface area contributed by atoms with E-state index in [4.69, 9.17) is 5.11 Å². The summed E-state index contributed by atoms with van der Waals surface area (Å²) < 4.78 is 1.56. The Morgan fingerprint density at radius 1 is 1.56 bits per heavy atom. The highest BCUT2D eigenvalue weighted by atomic mass is 16.4. The topological polar surface area (TPSA) is 75.4 Å². The van der Waals surface area contributed by atoms with Crippen LogP contribution in [0.15, 0.2) is 18.5 Å². The van der Waals surface area contributed by atoms with Crippen molar-refractivity contribution in [2.24, 2.45) is 5.92 Å². The SMILES string of the molecule is CC(CN(C(=O)Cn1cccn1)C1CC1)C(=O)O. The van der Waals surface area contributed by atoms with E-state index in [1.165, 1.54) is 0 Å². The van der Waals surface area contributed by atoms with E-state index in [-0.39, 0.29) is 25.0 Å². The van der Waals surface area contributed by atoms with Gasteiger partial charge in [-0.3, -0.25) is 14.3 Å². The summed E-state index contributed by atoms with van der Waals surface area (Å²) in [4.78, 5) is 24.7. The van der Waals surface area contributed by atoms with Gasteiger partial charge in [-0.25, -0.2) is 0 Å². The summed E-state index contributed by atoms with van der Waals surface area (Å²) in [6, 6.07) is 1.98. The molecule has 0 spiro atoms. The Hall–Kier alpha value is -1.85. The van der Waals surface area contributed by atoms with Gasteiger partial charge in [0.1, 0.15) is 6.54 Å². The summed E-state index contributed by atoms with van der Waals surface area (Å²) in [7, 11) is 0. The van der Waals surface area contributed by atoms with Gasteiger partial charge in [0, 0.05) is 25.0 Å². The largest absolute Gasteiger partial charge is 0.481 e. The van der Waals surface area contributed by atoms with Gasteiger partial charge in [0.15, 0.2) is 0 Å². The van der Waals surface area contributed by atoms with Gasteiger partial charge in [0.25, 0.3) is 0 Å². The molecule has 1 fully saturated rings. The molecule has 1 aliphatic rings. The first-order valence-electron chi connectivity index (χ1n) is 6.07. The lowest BCUT2D eigenvalue weighted by molar-refractivity contribution is -0.143. The highest BCUT2D eigenvalue weighted by Gasteiger charge is 2.34. The molecule has 1 aliphatic carbocycles. The monoisotopic (exact) mass is 251 g/mol. The number of rotatable bonds is 6. The molecule has 1 atom stereocenters. The molecule has 1 heterocycles. The first-order valence-corrected chi connectivity index (χ1v) is 6.07. The zero-order valence-electron chi connectivity index (χ0n) is 10.3. The lowest BCUT2D eigenvalue weighted by Crippen LogP contribution is -2.40. The molecule has 1 aromatic rings. The quantitative estimate of drug-likeness (QED) is 0.803. The van der Waals surface area contributed by atoms with Gasteiger partial charge in [-0.2, -0.15) is 5.10 Å². The van der Waals surface area contributed by atoms with Crippen LogP contribution in [0.3, 0.4) is 0 Å². The van der Waals surface area contributed by atoms with Crippen LogP contribution in [0.4, 0.5) is 0 Å². The van der Waals surface area contributed by atoms with Crippen molar-refractivity contribution in [3.63, 3.8) is 0 Å². The van der Waals surface area contributed by atoms with Crippen molar-refractivity contribution in [2.45, 2.75) is 32.4 Å². The van der Waals surface area contributed by atoms with E-state index in [0.29, 0.717) is 0 Å². The minimum absolute atomic E-state index is 0.0608. The Morgan fingerprint density at radius 3 is 2.78 bits per heavy atom. The molecular formula is C12H17N3O3. The van der Waals surface area contributed by atoms with Crippen LogP contribution < -0.4 is 0 Å². The zero-order valence-corrected chi connectivity index (χ0v) is 10.3. The van der Waals surface area contributed by atoms with Crippen molar-refractivity contribution in [3.05, 3.63) is 18.5 Å². The highest BCUT2D eigenvalue weighted by molar-refractivity contribution is 5.78. The van der Waals surface area contributed by atoms with E-state index in [9.17, 15) is 9.59 Å². The van der Waals surface area contributed by atoms with Gasteiger partial charge in [-0.05, 0) is 18.9 Å². The smallest absolute Gasteiger partial charge is 0.308 e. The Kier molecular flexibility index (Phi) is 3.64. The van der Waals surface area contributed by atoms with E-state index in [0.717, 1.165) is 12.8 Å². The summed E-state index contributed by atoms with van der Waals surface area (Å²) in [6.07, 6.45) is 5.28. The number of hydrogen-bond donors (Lipinski definition) is 1. The molecule has 1 saturated carbocycles. The number of carbonyl (C=O) groups excluding carboxylic acids is 1. The molecule has 98 valence electrons. The highest BCUT2D eigenvalue weighted by Crippen LogP contribution is 2.27. The van der Waals surface area contributed by atoms with Crippen molar-refractivity contribution in [2.75, 3.05) is 6.54 Å². The second-order valence-electron chi connectivity index (χ2n) is 4.72. The number of nitrogens with zero attached hydrogens (tertiary/aromatic N) is 3. The average molecular weight is 251 g/mol. The molecule has 18 heavy (non-hydrogen) atoms. The third kappa shape index (κ3) is 3.09. The van der Waals surface area contributed by atoms with Crippen LogP contribution >= 0.6 is 0 Å². The van der Waals surface area contributed by atoms with Crippen LogP contribution in [0.2, 0.25) is 0 Å². The molecule has 0 aromatic carbocycles. The molecule has 6 heteroatoms. The van der Waals surface area contributed by atoms with Gasteiger partial charge in [0.2, 0.25) is 5.91 Å². The fraction of sp³-hybridized carbons (Fsp3) is 0.583. The maximum Gasteiger partial charge on any atom is 0.308 e. The number of carbonyl (C=O) groups is 2. The number of carboxylic acid groups (broad SMARTS) is 1. The Labute approximate surface area is 105 Å². The molecule has 0 aliphatic heterocycles. The third-order valence-corrected chi connectivity index (χ3v) is 3.06. The Morgan fingerprint density at radius 2 is 2.28 bits per heavy atom. The predicted molar refractivity (Wildman–Crippen MR) is 63.8 cm³/mol. The summed E-state index contributed by atoms with van der Waals surface area (Å²) in [5.74, 6) is -1.46. The van der Waals surface area contributed by atoms with E-state index < -0.39 is 11.9 Å². The van der Waals surface area contributed by atoms with Crippen LogP contribution in [-0.4, -0.2) is 44.3 Å². The minimum Gasteiger partial charge on any atom is -0.481 e. The zero-order chi connectivity index (χ0) is 13.1. The molecule has 1 unspecified atom stereocenters. The van der Waals surface area contributed by atoms with Crippen LogP contribution in [0.5, 0.6) is 0 Å². The van der Waals surface area contributed by atoms with Gasteiger partial charge in [-0.15, -0.1) is 0 Å². The Balaban J connectivity index is 1.96. The van der Waals surface area contributed by atoms with Gasteiger partial charge < -0.3 is 10.0 Å². The molecule has 1 aromatic heterocycles. The number of amides is 1. The van der Waals surface area contributed by atoms with E-state index in [1.54, 1.807) is 35.0 Å². The molecular weight excluding hydrogens is 234 g/mol. The second-order valence-corrected chi connectivity index (χ2v) is 4.72. The molecule has 0 radical (unpaired) electrons. The van der Waals surface area contributed by atoms with Crippen molar-refractivity contribution in [3.8, 4) is 0 Å². The molecule has 1 N–H and O–H groups in total. The maximum absolute atomic E-state index is 12.1. The van der Waals surface area contributed by atoms with E-state index in [1.807, 2.05) is 0 Å². The van der Waals surface area contributed by atoms with Gasteiger partial charge in [-0.1, -0.05) is 6.92 Å². The van der Waals surface area contributed by atoms with Crippen molar-refractivity contribution in [1.29, 1.82) is 0 Å². The summed E-state index contributed by atoms with van der Waals surface area (Å²) in [5, 5.41) is 12.9. The second kappa shape index (κ2) is 5.20. The normalized spacial score (nSPS) is 16.3. The van der Waals surface area contributed by atoms with Gasteiger partial charge in [0.05, 0.1) is 5.92 Å². The fourth-order valence-corrected chi connectivity index (χ4v) is 1.84. The summed E-state index contributed by atoms with van der Waals surface area (Å²) in [6.45, 7) is 2.08. The predicted octanol–water partition coefficient (Wildman–Crippen LogP) is 0.595. The molecule has 2 rings (SSSR count). The summed E-state index contributed by atoms with van der Waals surface area (Å²) in [5.41, 5.74) is 0. The minimum atomic E-state index is -0.868. The van der Waals surface area contributed by atoms with Gasteiger partial charge >= 0.3 is 5.97 Å². The van der Waals surface area contributed by atoms with E-state index in [2.05, 4.69) is 5.10 Å². The molecule has 1 amide bonds. The summed E-state index contributed by atoms with van der Waals surface area (Å²) >= 11 is 0. The van der Waals surface area contributed by atoms with Crippen molar-refractivity contribution in [1.82, 2.24) is 14.7 Å². The van der Waals surface area contributed by atoms with Crippen molar-refractivity contribution >= 4 is 11.9 Å². The molecule has 6 nitrogen and oxygen atoms in total. The third-order valence-electron chi connectivity index (χ3n) is 3.06. The number of aliphatic carboxylic acids is 1. The fourth-order valence-electron chi connectivity index (χ4n) is 1.84. The number of hydrogen-bond acceptors (Lipinski definition) is 3. The lowest BCUT2D eigenvalue weighted by atomic mass is 10.1. The lowest BCUT2D eigenvalue weighted by Gasteiger charge is -2.24. The first-order chi connectivity index (χ1) is 8.58.